The number of amidine groups is 1. The molecular formula is C22H22N2O5S. The molecule has 7 nitrogen and oxygen atoms in total. The van der Waals surface area contributed by atoms with Crippen molar-refractivity contribution in [2.45, 2.75) is 26.9 Å². The number of nitrogens with zero attached hydrogens (tertiary/aromatic N) is 1. The number of aliphatic carboxylic acids is 1. The molecule has 0 bridgehead atoms. The van der Waals surface area contributed by atoms with Gasteiger partial charge >= 0.3 is 5.97 Å². The molecule has 0 aromatic heterocycles. The fourth-order valence-electron chi connectivity index (χ4n) is 2.88. The van der Waals surface area contributed by atoms with Crippen LogP contribution < -0.4 is 14.8 Å². The van der Waals surface area contributed by atoms with Crippen LogP contribution in [-0.4, -0.2) is 35.4 Å². The minimum Gasteiger partial charge on any atom is -0.493 e. The van der Waals surface area contributed by atoms with Gasteiger partial charge in [-0.2, -0.15) is 0 Å². The highest BCUT2D eigenvalue weighted by molar-refractivity contribution is 8.18. The number of benzene rings is 2. The first kappa shape index (κ1) is 21.4. The zero-order valence-electron chi connectivity index (χ0n) is 17.1. The van der Waals surface area contributed by atoms with Crippen molar-refractivity contribution in [3.05, 3.63) is 58.0 Å². The smallest absolute Gasteiger partial charge is 0.344 e. The molecule has 1 heterocycles. The third kappa shape index (κ3) is 5.21. The van der Waals surface area contributed by atoms with Crippen LogP contribution in [0.1, 0.15) is 23.6 Å². The first-order valence-electron chi connectivity index (χ1n) is 9.20. The lowest BCUT2D eigenvalue weighted by Crippen LogP contribution is -2.23. The van der Waals surface area contributed by atoms with Crippen molar-refractivity contribution in [2.75, 3.05) is 7.11 Å². The van der Waals surface area contributed by atoms with E-state index in [0.29, 0.717) is 27.1 Å². The maximum Gasteiger partial charge on any atom is 0.344 e. The van der Waals surface area contributed by atoms with Crippen molar-refractivity contribution >= 4 is 40.6 Å². The van der Waals surface area contributed by atoms with Crippen LogP contribution in [0.15, 0.2) is 46.3 Å². The Labute approximate surface area is 178 Å². The first-order valence-corrected chi connectivity index (χ1v) is 10.0. The molecule has 1 atom stereocenters. The molecule has 1 unspecified atom stereocenters. The summed E-state index contributed by atoms with van der Waals surface area (Å²) in [4.78, 5) is 28.4. The molecule has 2 aromatic rings. The largest absolute Gasteiger partial charge is 0.493 e. The lowest BCUT2D eigenvalue weighted by molar-refractivity contribution is -0.144. The van der Waals surface area contributed by atoms with E-state index in [1.165, 1.54) is 25.8 Å². The van der Waals surface area contributed by atoms with E-state index in [4.69, 9.17) is 14.6 Å². The molecule has 1 saturated heterocycles. The zero-order valence-corrected chi connectivity index (χ0v) is 17.9. The Hall–Kier alpha value is -3.26. The van der Waals surface area contributed by atoms with E-state index in [2.05, 4.69) is 16.4 Å². The summed E-state index contributed by atoms with van der Waals surface area (Å²) >= 11 is 1.25. The van der Waals surface area contributed by atoms with Gasteiger partial charge in [-0.1, -0.05) is 12.1 Å². The predicted molar refractivity (Wildman–Crippen MR) is 117 cm³/mol. The van der Waals surface area contributed by atoms with Gasteiger partial charge in [0, 0.05) is 0 Å². The number of hydrogen-bond acceptors (Lipinski definition) is 6. The topological polar surface area (TPSA) is 97.2 Å². The van der Waals surface area contributed by atoms with E-state index >= 15 is 0 Å². The summed E-state index contributed by atoms with van der Waals surface area (Å²) in [6.07, 6.45) is 0.708. The summed E-state index contributed by atoms with van der Waals surface area (Å²) in [5.74, 6) is -0.611. The van der Waals surface area contributed by atoms with Gasteiger partial charge in [-0.3, -0.25) is 4.79 Å². The van der Waals surface area contributed by atoms with Crippen LogP contribution in [0.25, 0.3) is 6.08 Å². The Balaban J connectivity index is 1.82. The highest BCUT2D eigenvalue weighted by Gasteiger charge is 2.24. The van der Waals surface area contributed by atoms with Gasteiger partial charge in [0.25, 0.3) is 5.91 Å². The molecule has 1 aliphatic heterocycles. The van der Waals surface area contributed by atoms with Crippen molar-refractivity contribution in [3.63, 3.8) is 0 Å². The lowest BCUT2D eigenvalue weighted by Gasteiger charge is -2.14. The van der Waals surface area contributed by atoms with Crippen molar-refractivity contribution in [1.29, 1.82) is 0 Å². The predicted octanol–water partition coefficient (Wildman–Crippen LogP) is 4.06. The number of carboxylic acids is 1. The summed E-state index contributed by atoms with van der Waals surface area (Å²) < 4.78 is 10.7. The van der Waals surface area contributed by atoms with Crippen LogP contribution >= 0.6 is 11.8 Å². The van der Waals surface area contributed by atoms with Crippen molar-refractivity contribution in [1.82, 2.24) is 5.32 Å². The number of nitrogens with one attached hydrogen (secondary N) is 1. The van der Waals surface area contributed by atoms with E-state index in [9.17, 15) is 9.59 Å². The first-order chi connectivity index (χ1) is 14.2. The molecule has 2 N–H and O–H groups in total. The van der Waals surface area contributed by atoms with Gasteiger partial charge < -0.3 is 19.9 Å². The van der Waals surface area contributed by atoms with Gasteiger partial charge in [-0.05, 0) is 79.6 Å². The SMILES string of the molecule is COc1cc(/C=C2\SC(=Nc3cc(C)cc(C)c3)NC2=O)ccc1OC(C)C(=O)O. The van der Waals surface area contributed by atoms with Crippen molar-refractivity contribution < 1.29 is 24.2 Å². The maximum atomic E-state index is 12.4. The summed E-state index contributed by atoms with van der Waals surface area (Å²) in [5, 5.41) is 12.3. The number of rotatable bonds is 6. The molecule has 156 valence electrons. The average Bonchev–Trinajstić information content (AvgIpc) is 3.00. The van der Waals surface area contributed by atoms with E-state index in [1.807, 2.05) is 26.0 Å². The Bertz CT molecular complexity index is 1040. The molecule has 30 heavy (non-hydrogen) atoms. The van der Waals surface area contributed by atoms with Crippen molar-refractivity contribution in [3.8, 4) is 11.5 Å². The Morgan fingerprint density at radius 2 is 1.87 bits per heavy atom. The third-order valence-electron chi connectivity index (χ3n) is 4.22. The number of carbonyl (C=O) groups excluding carboxylic acids is 1. The van der Waals surface area contributed by atoms with Crippen LogP contribution in [0.5, 0.6) is 11.5 Å². The molecule has 3 rings (SSSR count). The number of carboxylic acid groups (broad SMARTS) is 1. The molecule has 0 spiro atoms. The number of aliphatic imine (C=N–C) groups is 1. The zero-order chi connectivity index (χ0) is 21.8. The third-order valence-corrected chi connectivity index (χ3v) is 5.13. The van der Waals surface area contributed by atoms with E-state index in [-0.39, 0.29) is 5.91 Å². The number of ether oxygens (including phenoxy) is 2. The molecule has 2 aromatic carbocycles. The van der Waals surface area contributed by atoms with Gasteiger partial charge in [0.15, 0.2) is 22.8 Å². The molecule has 1 amide bonds. The van der Waals surface area contributed by atoms with Gasteiger partial charge in [0.1, 0.15) is 0 Å². The number of amides is 1. The minimum absolute atomic E-state index is 0.234. The monoisotopic (exact) mass is 426 g/mol. The van der Waals surface area contributed by atoms with Gasteiger partial charge in [-0.25, -0.2) is 9.79 Å². The maximum absolute atomic E-state index is 12.4. The highest BCUT2D eigenvalue weighted by Crippen LogP contribution is 2.33. The van der Waals surface area contributed by atoms with Crippen LogP contribution in [0, 0.1) is 13.8 Å². The fourth-order valence-corrected chi connectivity index (χ4v) is 3.72. The number of aryl methyl sites for hydroxylation is 2. The number of methoxy groups -OCH3 is 1. The van der Waals surface area contributed by atoms with Crippen LogP contribution in [-0.2, 0) is 9.59 Å². The second-order valence-electron chi connectivity index (χ2n) is 6.84. The Morgan fingerprint density at radius 3 is 2.50 bits per heavy atom. The second-order valence-corrected chi connectivity index (χ2v) is 7.87. The normalized spacial score (nSPS) is 17.1. The van der Waals surface area contributed by atoms with E-state index < -0.39 is 12.1 Å². The standard InChI is InChI=1S/C22H22N2O5S/c1-12-7-13(2)9-16(8-12)23-22-24-20(25)19(30-22)11-15-5-6-17(18(10-15)28-4)29-14(3)21(26)27/h5-11,14H,1-4H3,(H,26,27)(H,23,24,25)/b19-11-. The Kier molecular flexibility index (Phi) is 6.47. The van der Waals surface area contributed by atoms with E-state index in [1.54, 1.807) is 24.3 Å². The summed E-state index contributed by atoms with van der Waals surface area (Å²) in [5.41, 5.74) is 3.71. The molecule has 8 heteroatoms. The number of carbonyl (C=O) groups is 2. The molecule has 1 fully saturated rings. The van der Waals surface area contributed by atoms with Crippen LogP contribution in [0.2, 0.25) is 0 Å². The molecular weight excluding hydrogens is 404 g/mol. The van der Waals surface area contributed by atoms with Crippen LogP contribution in [0.3, 0.4) is 0 Å². The summed E-state index contributed by atoms with van der Waals surface area (Å²) in [6, 6.07) is 11.0. The van der Waals surface area contributed by atoms with Crippen molar-refractivity contribution in [2.24, 2.45) is 4.99 Å². The molecule has 0 radical (unpaired) electrons. The number of hydrogen-bond donors (Lipinski definition) is 2. The summed E-state index contributed by atoms with van der Waals surface area (Å²) in [7, 11) is 1.47. The summed E-state index contributed by atoms with van der Waals surface area (Å²) in [6.45, 7) is 5.44. The highest BCUT2D eigenvalue weighted by atomic mass is 32.2. The molecule has 0 aliphatic carbocycles. The van der Waals surface area contributed by atoms with Gasteiger partial charge in [0.2, 0.25) is 0 Å². The minimum atomic E-state index is -1.07. The quantitative estimate of drug-likeness (QED) is 0.676. The van der Waals surface area contributed by atoms with Gasteiger partial charge in [0.05, 0.1) is 17.7 Å². The molecule has 1 aliphatic rings. The second kappa shape index (κ2) is 9.04. The van der Waals surface area contributed by atoms with Gasteiger partial charge in [-0.15, -0.1) is 0 Å². The Morgan fingerprint density at radius 1 is 1.17 bits per heavy atom. The van der Waals surface area contributed by atoms with E-state index in [0.717, 1.165) is 16.8 Å². The van der Waals surface area contributed by atoms with Crippen LogP contribution in [0.4, 0.5) is 5.69 Å². The molecule has 0 saturated carbocycles. The average molecular weight is 426 g/mol. The fraction of sp³-hybridized carbons (Fsp3) is 0.227. The lowest BCUT2D eigenvalue weighted by atomic mass is 10.1. The number of thioether (sulfide) groups is 1.